The molecule has 11 aromatic rings. The molecule has 0 unspecified atom stereocenters. The molecule has 0 aliphatic carbocycles. The van der Waals surface area contributed by atoms with Crippen LogP contribution in [0.25, 0.3) is 99.4 Å². The molecular weight excluding hydrogens is 677 g/mol. The van der Waals surface area contributed by atoms with Crippen molar-refractivity contribution in [2.75, 3.05) is 0 Å². The van der Waals surface area contributed by atoms with E-state index in [-0.39, 0.29) is 0 Å². The van der Waals surface area contributed by atoms with E-state index < -0.39 is 0 Å². The van der Waals surface area contributed by atoms with Gasteiger partial charge in [-0.25, -0.2) is 9.97 Å². The van der Waals surface area contributed by atoms with E-state index >= 15 is 0 Å². The number of para-hydroxylation sites is 5. The number of nitrogens with zero attached hydrogens (tertiary/aromatic N) is 6. The van der Waals surface area contributed by atoms with E-state index in [1.54, 1.807) is 30.6 Å². The highest BCUT2D eigenvalue weighted by atomic mass is 16.3. The zero-order valence-electron chi connectivity index (χ0n) is 29.1. The average molecular weight is 703 g/mol. The van der Waals surface area contributed by atoms with Gasteiger partial charge in [-0.2, -0.15) is 10.5 Å². The van der Waals surface area contributed by atoms with Crippen molar-refractivity contribution in [1.29, 1.82) is 10.5 Å². The highest BCUT2D eigenvalue weighted by molar-refractivity contribution is 6.19. The second-order valence-electron chi connectivity index (χ2n) is 13.6. The molecule has 0 aliphatic rings. The first-order chi connectivity index (χ1) is 27.2. The van der Waals surface area contributed by atoms with Crippen molar-refractivity contribution < 1.29 is 4.42 Å². The normalized spacial score (nSPS) is 11.6. The SMILES string of the molecule is N#Cc1ccc(-c2ncc(-c3cc(-n4c5ccccc5c5ccccc54)c(-n4c5ccccc5c5ccccc54)c4c3oc3ccccc34)cn2)c(C#N)c1. The predicted octanol–water partition coefficient (Wildman–Crippen LogP) is 11.6. The van der Waals surface area contributed by atoms with Gasteiger partial charge in [0.15, 0.2) is 5.82 Å². The second kappa shape index (κ2) is 11.8. The first kappa shape index (κ1) is 30.6. The fourth-order valence-corrected chi connectivity index (χ4v) is 8.33. The molecule has 0 atom stereocenters. The van der Waals surface area contributed by atoms with Gasteiger partial charge in [-0.05, 0) is 54.6 Å². The summed E-state index contributed by atoms with van der Waals surface area (Å²) in [5, 5.41) is 25.9. The van der Waals surface area contributed by atoms with E-state index in [4.69, 9.17) is 14.4 Å². The molecule has 0 saturated carbocycles. The van der Waals surface area contributed by atoms with Crippen molar-refractivity contribution in [2.24, 2.45) is 0 Å². The lowest BCUT2D eigenvalue weighted by molar-refractivity contribution is 0.669. The number of aromatic nitrogens is 4. The zero-order chi connectivity index (χ0) is 36.6. The highest BCUT2D eigenvalue weighted by Crippen LogP contribution is 2.47. The molecule has 55 heavy (non-hydrogen) atoms. The predicted molar refractivity (Wildman–Crippen MR) is 218 cm³/mol. The van der Waals surface area contributed by atoms with Gasteiger partial charge in [0.25, 0.3) is 0 Å². The Labute approximate surface area is 313 Å². The molecule has 0 amide bonds. The molecule has 0 spiro atoms. The third-order valence-corrected chi connectivity index (χ3v) is 10.7. The Hall–Kier alpha value is -8.00. The minimum atomic E-state index is 0.343. The van der Waals surface area contributed by atoms with E-state index in [0.717, 1.165) is 77.3 Å². The van der Waals surface area contributed by atoms with Crippen molar-refractivity contribution in [3.8, 4) is 46.0 Å². The summed E-state index contributed by atoms with van der Waals surface area (Å²) in [6.45, 7) is 0. The van der Waals surface area contributed by atoms with Gasteiger partial charge in [-0.3, -0.25) is 0 Å². The Balaban J connectivity index is 1.30. The average Bonchev–Trinajstić information content (AvgIpc) is 3.91. The topological polar surface area (TPSA) is 96.4 Å². The van der Waals surface area contributed by atoms with Gasteiger partial charge >= 0.3 is 0 Å². The summed E-state index contributed by atoms with van der Waals surface area (Å²) in [5.41, 5.74) is 10.7. The number of furan rings is 1. The Morgan fingerprint density at radius 3 is 1.60 bits per heavy atom. The quantitative estimate of drug-likeness (QED) is 0.182. The molecule has 0 N–H and O–H groups in total. The number of fused-ring (bicyclic) bond motifs is 9. The second-order valence-corrected chi connectivity index (χ2v) is 13.6. The fourth-order valence-electron chi connectivity index (χ4n) is 8.33. The number of benzene rings is 7. The lowest BCUT2D eigenvalue weighted by atomic mass is 10.00. The van der Waals surface area contributed by atoms with Crippen LogP contribution in [-0.4, -0.2) is 19.1 Å². The van der Waals surface area contributed by atoms with Crippen molar-refractivity contribution in [1.82, 2.24) is 19.1 Å². The van der Waals surface area contributed by atoms with E-state index in [1.165, 1.54) is 10.8 Å². The Morgan fingerprint density at radius 2 is 1.04 bits per heavy atom. The van der Waals surface area contributed by atoms with Gasteiger partial charge in [0.1, 0.15) is 11.2 Å². The minimum absolute atomic E-state index is 0.343. The Kier molecular flexibility index (Phi) is 6.54. The number of hydrogen-bond acceptors (Lipinski definition) is 5. The fraction of sp³-hybridized carbons (Fsp3) is 0. The number of nitriles is 2. The van der Waals surface area contributed by atoms with Crippen molar-refractivity contribution >= 4 is 65.6 Å². The summed E-state index contributed by atoms with van der Waals surface area (Å²) in [6, 6.07) is 54.0. The van der Waals surface area contributed by atoms with E-state index in [2.05, 4.69) is 137 Å². The number of rotatable bonds is 4. The molecule has 0 fully saturated rings. The van der Waals surface area contributed by atoms with Crippen LogP contribution in [0.1, 0.15) is 11.1 Å². The molecule has 0 bridgehead atoms. The maximum Gasteiger partial charge on any atom is 0.160 e. The zero-order valence-corrected chi connectivity index (χ0v) is 29.1. The van der Waals surface area contributed by atoms with Crippen LogP contribution in [0.3, 0.4) is 0 Å². The highest BCUT2D eigenvalue weighted by Gasteiger charge is 2.27. The third kappa shape index (κ3) is 4.42. The maximum absolute atomic E-state index is 9.90. The van der Waals surface area contributed by atoms with E-state index in [0.29, 0.717) is 22.5 Å². The van der Waals surface area contributed by atoms with Crippen LogP contribution in [0.5, 0.6) is 0 Å². The van der Waals surface area contributed by atoms with Crippen LogP contribution in [0, 0.1) is 22.7 Å². The summed E-state index contributed by atoms with van der Waals surface area (Å²) in [7, 11) is 0. The Morgan fingerprint density at radius 1 is 0.509 bits per heavy atom. The van der Waals surface area contributed by atoms with Crippen LogP contribution < -0.4 is 0 Å². The van der Waals surface area contributed by atoms with Gasteiger partial charge in [0.2, 0.25) is 0 Å². The molecule has 7 nitrogen and oxygen atoms in total. The van der Waals surface area contributed by atoms with Crippen molar-refractivity contribution in [3.05, 3.63) is 169 Å². The van der Waals surface area contributed by atoms with Gasteiger partial charge in [0, 0.05) is 56.0 Å². The summed E-state index contributed by atoms with van der Waals surface area (Å²) in [6.07, 6.45) is 3.58. The minimum Gasteiger partial charge on any atom is -0.455 e. The monoisotopic (exact) mass is 702 g/mol. The summed E-state index contributed by atoms with van der Waals surface area (Å²) in [4.78, 5) is 9.60. The van der Waals surface area contributed by atoms with Crippen molar-refractivity contribution in [3.63, 3.8) is 0 Å². The molecule has 0 aliphatic heterocycles. The summed E-state index contributed by atoms with van der Waals surface area (Å²) >= 11 is 0. The van der Waals surface area contributed by atoms with Crippen LogP contribution in [-0.2, 0) is 0 Å². The molecule has 0 radical (unpaired) electrons. The largest absolute Gasteiger partial charge is 0.455 e. The first-order valence-corrected chi connectivity index (χ1v) is 17.9. The van der Waals surface area contributed by atoms with Crippen molar-refractivity contribution in [2.45, 2.75) is 0 Å². The standard InChI is InChI=1S/C48H26N6O/c49-25-29-21-22-32(30(23-29)26-50)48-51-27-31(28-52-48)38-24-43(53-39-16-6-1-11-33(39)34-12-2-7-17-40(34)53)46(45-37-15-5-10-20-44(37)55-47(38)45)54-41-18-8-3-13-35(41)36-14-4-9-19-42(36)54/h1-24,27-28H. The Bertz CT molecular complexity index is 3360. The number of hydrogen-bond donors (Lipinski definition) is 0. The van der Waals surface area contributed by atoms with Crippen LogP contribution in [0.2, 0.25) is 0 Å². The lowest BCUT2D eigenvalue weighted by Gasteiger charge is -2.20. The van der Waals surface area contributed by atoms with E-state index in [1.807, 2.05) is 12.1 Å². The molecule has 11 rings (SSSR count). The van der Waals surface area contributed by atoms with Crippen LogP contribution in [0.15, 0.2) is 162 Å². The molecule has 254 valence electrons. The first-order valence-electron chi connectivity index (χ1n) is 17.9. The molecule has 7 aromatic carbocycles. The smallest absolute Gasteiger partial charge is 0.160 e. The molecule has 4 heterocycles. The van der Waals surface area contributed by atoms with Gasteiger partial charge in [0.05, 0.1) is 62.1 Å². The van der Waals surface area contributed by atoms with Crippen LogP contribution >= 0.6 is 0 Å². The lowest BCUT2D eigenvalue weighted by Crippen LogP contribution is -2.05. The van der Waals surface area contributed by atoms with Gasteiger partial charge < -0.3 is 13.6 Å². The molecular formula is C48H26N6O. The maximum atomic E-state index is 9.90. The third-order valence-electron chi connectivity index (χ3n) is 10.7. The molecule has 7 heteroatoms. The summed E-state index contributed by atoms with van der Waals surface area (Å²) in [5.74, 6) is 0.398. The van der Waals surface area contributed by atoms with E-state index in [9.17, 15) is 10.5 Å². The molecule has 0 saturated heterocycles. The van der Waals surface area contributed by atoms with Gasteiger partial charge in [-0.15, -0.1) is 0 Å². The van der Waals surface area contributed by atoms with Crippen LogP contribution in [0.4, 0.5) is 0 Å². The van der Waals surface area contributed by atoms with Gasteiger partial charge in [-0.1, -0.05) is 91.0 Å². The molecule has 4 aromatic heterocycles. The summed E-state index contributed by atoms with van der Waals surface area (Å²) < 4.78 is 11.6.